The van der Waals surface area contributed by atoms with Gasteiger partial charge in [-0.05, 0) is 57.8 Å². The molecular weight excluding hydrogens is 248 g/mol. The van der Waals surface area contributed by atoms with Crippen molar-refractivity contribution >= 4 is 0 Å². The monoisotopic (exact) mass is 278 g/mol. The van der Waals surface area contributed by atoms with E-state index >= 15 is 0 Å². The maximum absolute atomic E-state index is 4.30. The van der Waals surface area contributed by atoms with Gasteiger partial charge in [0.2, 0.25) is 0 Å². The number of imidazole rings is 1. The van der Waals surface area contributed by atoms with Crippen molar-refractivity contribution in [2.75, 3.05) is 26.2 Å². The summed E-state index contributed by atoms with van der Waals surface area (Å²) in [6.45, 7) is 11.4. The topological polar surface area (TPSA) is 33.1 Å². The smallest absolute Gasteiger partial charge is 0.0948 e. The van der Waals surface area contributed by atoms with Crippen LogP contribution >= 0.6 is 0 Å². The molecule has 0 aromatic carbocycles. The van der Waals surface area contributed by atoms with Gasteiger partial charge in [-0.3, -0.25) is 4.90 Å². The fourth-order valence-corrected chi connectivity index (χ4v) is 2.98. The first-order chi connectivity index (χ1) is 9.83. The maximum Gasteiger partial charge on any atom is 0.0948 e. The Hall–Kier alpha value is -0.870. The number of hydrogen-bond donors (Lipinski definition) is 1. The highest BCUT2D eigenvalue weighted by Crippen LogP contribution is 2.18. The summed E-state index contributed by atoms with van der Waals surface area (Å²) in [5.74, 6) is 0.873. The summed E-state index contributed by atoms with van der Waals surface area (Å²) in [4.78, 5) is 6.88. The van der Waals surface area contributed by atoms with Crippen LogP contribution in [0.5, 0.6) is 0 Å². The van der Waals surface area contributed by atoms with Gasteiger partial charge in [-0.25, -0.2) is 4.98 Å². The summed E-state index contributed by atoms with van der Waals surface area (Å²) in [7, 11) is 0. The molecule has 1 aromatic heterocycles. The van der Waals surface area contributed by atoms with E-state index in [-0.39, 0.29) is 0 Å². The zero-order valence-corrected chi connectivity index (χ0v) is 13.1. The number of aromatic nitrogens is 2. The number of piperidine rings is 1. The molecule has 1 aliphatic rings. The first-order valence-corrected chi connectivity index (χ1v) is 8.25. The Morgan fingerprint density at radius 3 is 2.75 bits per heavy atom. The molecule has 0 bridgehead atoms. The molecule has 0 atom stereocenters. The molecule has 0 saturated carbocycles. The number of rotatable bonds is 8. The molecular formula is C16H30N4. The summed E-state index contributed by atoms with van der Waals surface area (Å²) >= 11 is 0. The molecule has 4 nitrogen and oxygen atoms in total. The van der Waals surface area contributed by atoms with E-state index in [9.17, 15) is 0 Å². The van der Waals surface area contributed by atoms with Crippen LogP contribution in [0.2, 0.25) is 0 Å². The molecule has 114 valence electrons. The molecule has 0 spiro atoms. The molecule has 0 amide bonds. The molecule has 1 fully saturated rings. The molecule has 0 aliphatic carbocycles. The van der Waals surface area contributed by atoms with Gasteiger partial charge in [-0.2, -0.15) is 0 Å². The van der Waals surface area contributed by atoms with E-state index < -0.39 is 0 Å². The summed E-state index contributed by atoms with van der Waals surface area (Å²) in [5, 5.41) is 3.56. The Morgan fingerprint density at radius 2 is 2.05 bits per heavy atom. The Kier molecular flexibility index (Phi) is 6.54. The van der Waals surface area contributed by atoms with Gasteiger partial charge in [0.1, 0.15) is 0 Å². The molecule has 1 N–H and O–H groups in total. The summed E-state index contributed by atoms with van der Waals surface area (Å²) in [5.41, 5.74) is 1.37. The average Bonchev–Trinajstić information content (AvgIpc) is 2.89. The van der Waals surface area contributed by atoms with E-state index in [0.29, 0.717) is 0 Å². The van der Waals surface area contributed by atoms with Gasteiger partial charge >= 0.3 is 0 Å². The van der Waals surface area contributed by atoms with Crippen molar-refractivity contribution in [1.82, 2.24) is 19.8 Å². The van der Waals surface area contributed by atoms with E-state index in [2.05, 4.69) is 33.6 Å². The number of likely N-dealkylation sites (tertiary alicyclic amines) is 1. The predicted molar refractivity (Wildman–Crippen MR) is 83.7 cm³/mol. The fourth-order valence-electron chi connectivity index (χ4n) is 2.98. The molecule has 20 heavy (non-hydrogen) atoms. The second kappa shape index (κ2) is 8.42. The molecule has 0 radical (unpaired) electrons. The average molecular weight is 278 g/mol. The lowest BCUT2D eigenvalue weighted by Crippen LogP contribution is -2.37. The highest BCUT2D eigenvalue weighted by atomic mass is 15.2. The van der Waals surface area contributed by atoms with Crippen LogP contribution < -0.4 is 5.32 Å². The summed E-state index contributed by atoms with van der Waals surface area (Å²) in [6.07, 6.45) is 9.08. The van der Waals surface area contributed by atoms with Crippen molar-refractivity contribution in [3.8, 4) is 0 Å². The minimum absolute atomic E-state index is 0.873. The van der Waals surface area contributed by atoms with Gasteiger partial charge in [-0.1, -0.05) is 13.8 Å². The SMILES string of the molecule is CCCNCC1CCN(Cc2cncn2CCC)CC1. The molecule has 0 unspecified atom stereocenters. The highest BCUT2D eigenvalue weighted by Gasteiger charge is 2.19. The molecule has 1 aliphatic heterocycles. The zero-order chi connectivity index (χ0) is 14.2. The molecule has 1 saturated heterocycles. The van der Waals surface area contributed by atoms with E-state index in [1.165, 1.54) is 51.0 Å². The van der Waals surface area contributed by atoms with Crippen LogP contribution in [0.25, 0.3) is 0 Å². The first kappa shape index (κ1) is 15.5. The van der Waals surface area contributed by atoms with Gasteiger partial charge in [0.15, 0.2) is 0 Å². The van der Waals surface area contributed by atoms with Crippen LogP contribution in [-0.2, 0) is 13.1 Å². The Bertz CT molecular complexity index is 366. The minimum Gasteiger partial charge on any atom is -0.333 e. The summed E-state index contributed by atoms with van der Waals surface area (Å²) in [6, 6.07) is 0. The Morgan fingerprint density at radius 1 is 1.25 bits per heavy atom. The fraction of sp³-hybridized carbons (Fsp3) is 0.812. The van der Waals surface area contributed by atoms with Crippen LogP contribution in [0.3, 0.4) is 0 Å². The van der Waals surface area contributed by atoms with Crippen molar-refractivity contribution in [2.24, 2.45) is 5.92 Å². The third kappa shape index (κ3) is 4.60. The van der Waals surface area contributed by atoms with Crippen molar-refractivity contribution in [3.05, 3.63) is 18.2 Å². The van der Waals surface area contributed by atoms with Crippen molar-refractivity contribution in [1.29, 1.82) is 0 Å². The molecule has 1 aromatic rings. The van der Waals surface area contributed by atoms with Gasteiger partial charge in [0.25, 0.3) is 0 Å². The van der Waals surface area contributed by atoms with Crippen molar-refractivity contribution < 1.29 is 0 Å². The van der Waals surface area contributed by atoms with Gasteiger partial charge in [0.05, 0.1) is 12.0 Å². The van der Waals surface area contributed by atoms with Gasteiger partial charge < -0.3 is 9.88 Å². The lowest BCUT2D eigenvalue weighted by atomic mass is 9.96. The summed E-state index contributed by atoms with van der Waals surface area (Å²) < 4.78 is 2.30. The third-order valence-corrected chi connectivity index (χ3v) is 4.22. The van der Waals surface area contributed by atoms with E-state index in [1.807, 2.05) is 12.5 Å². The number of nitrogens with zero attached hydrogens (tertiary/aromatic N) is 3. The van der Waals surface area contributed by atoms with Crippen LogP contribution in [0, 0.1) is 5.92 Å². The van der Waals surface area contributed by atoms with Gasteiger partial charge in [-0.15, -0.1) is 0 Å². The standard InChI is InChI=1S/C16H30N4/c1-3-7-17-11-15-5-9-19(10-6-15)13-16-12-18-14-20(16)8-4-2/h12,14-15,17H,3-11,13H2,1-2H3. The lowest BCUT2D eigenvalue weighted by molar-refractivity contribution is 0.172. The number of nitrogens with one attached hydrogen (secondary N) is 1. The normalized spacial score (nSPS) is 17.7. The predicted octanol–water partition coefficient (Wildman–Crippen LogP) is 2.50. The second-order valence-electron chi connectivity index (χ2n) is 6.00. The van der Waals surface area contributed by atoms with E-state index in [1.54, 1.807) is 0 Å². The zero-order valence-electron chi connectivity index (χ0n) is 13.1. The molecule has 4 heteroatoms. The van der Waals surface area contributed by atoms with E-state index in [4.69, 9.17) is 0 Å². The lowest BCUT2D eigenvalue weighted by Gasteiger charge is -2.32. The maximum atomic E-state index is 4.30. The number of aryl methyl sites for hydroxylation is 1. The largest absolute Gasteiger partial charge is 0.333 e. The van der Waals surface area contributed by atoms with Crippen molar-refractivity contribution in [2.45, 2.75) is 52.6 Å². The van der Waals surface area contributed by atoms with Gasteiger partial charge in [0, 0.05) is 19.3 Å². The Labute approximate surface area is 123 Å². The highest BCUT2D eigenvalue weighted by molar-refractivity contribution is 4.98. The quantitative estimate of drug-likeness (QED) is 0.742. The molecule has 2 heterocycles. The van der Waals surface area contributed by atoms with Crippen LogP contribution in [0.1, 0.15) is 45.2 Å². The first-order valence-electron chi connectivity index (χ1n) is 8.25. The van der Waals surface area contributed by atoms with E-state index in [0.717, 1.165) is 25.6 Å². The third-order valence-electron chi connectivity index (χ3n) is 4.22. The second-order valence-corrected chi connectivity index (χ2v) is 6.00. The van der Waals surface area contributed by atoms with Crippen LogP contribution in [-0.4, -0.2) is 40.6 Å². The van der Waals surface area contributed by atoms with Crippen molar-refractivity contribution in [3.63, 3.8) is 0 Å². The number of hydrogen-bond acceptors (Lipinski definition) is 3. The minimum atomic E-state index is 0.873. The Balaban J connectivity index is 1.72. The van der Waals surface area contributed by atoms with Crippen LogP contribution in [0.15, 0.2) is 12.5 Å². The van der Waals surface area contributed by atoms with Crippen LogP contribution in [0.4, 0.5) is 0 Å². The molecule has 2 rings (SSSR count).